The molecule has 4 heteroatoms. The number of hydrogen-bond donors (Lipinski definition) is 1. The first-order valence-electron chi connectivity index (χ1n) is 6.76. The molecule has 0 spiro atoms. The minimum absolute atomic E-state index is 0.835. The lowest BCUT2D eigenvalue weighted by Crippen LogP contribution is -2.37. The van der Waals surface area contributed by atoms with E-state index in [4.69, 9.17) is 5.73 Å². The van der Waals surface area contributed by atoms with Crippen LogP contribution in [0.15, 0.2) is 18.7 Å². The third kappa shape index (κ3) is 4.13. The number of rotatable bonds is 6. The largest absolute Gasteiger partial charge is 0.337 e. The normalized spacial score (nSPS) is 21.8. The van der Waals surface area contributed by atoms with Crippen molar-refractivity contribution >= 4 is 0 Å². The molecule has 1 saturated heterocycles. The average molecular weight is 236 g/mol. The van der Waals surface area contributed by atoms with Gasteiger partial charge in [0.05, 0.1) is 6.33 Å². The zero-order chi connectivity index (χ0) is 11.9. The molecule has 0 saturated carbocycles. The average Bonchev–Trinajstić information content (AvgIpc) is 2.83. The van der Waals surface area contributed by atoms with Crippen LogP contribution in [0.2, 0.25) is 0 Å². The highest BCUT2D eigenvalue weighted by atomic mass is 15.1. The van der Waals surface area contributed by atoms with E-state index in [0.717, 1.165) is 19.0 Å². The number of hydrogen-bond acceptors (Lipinski definition) is 3. The van der Waals surface area contributed by atoms with Crippen LogP contribution in [0.3, 0.4) is 0 Å². The maximum Gasteiger partial charge on any atom is 0.0945 e. The van der Waals surface area contributed by atoms with Gasteiger partial charge in [-0.15, -0.1) is 0 Å². The van der Waals surface area contributed by atoms with Gasteiger partial charge in [-0.2, -0.15) is 0 Å². The predicted octanol–water partition coefficient (Wildman–Crippen LogP) is 1.33. The third-order valence-corrected chi connectivity index (χ3v) is 3.63. The highest BCUT2D eigenvalue weighted by molar-refractivity contribution is 4.76. The summed E-state index contributed by atoms with van der Waals surface area (Å²) in [4.78, 5) is 6.66. The van der Waals surface area contributed by atoms with E-state index in [1.54, 1.807) is 0 Å². The monoisotopic (exact) mass is 236 g/mol. The van der Waals surface area contributed by atoms with E-state index in [1.165, 1.54) is 45.3 Å². The molecule has 0 amide bonds. The zero-order valence-electron chi connectivity index (χ0n) is 10.6. The van der Waals surface area contributed by atoms with Gasteiger partial charge in [-0.1, -0.05) is 0 Å². The molecule has 1 aromatic heterocycles. The van der Waals surface area contributed by atoms with Crippen LogP contribution in [-0.2, 0) is 6.54 Å². The number of nitrogens with zero attached hydrogens (tertiary/aromatic N) is 3. The molecule has 0 aromatic carbocycles. The maximum atomic E-state index is 5.64. The number of piperidine rings is 1. The molecule has 4 nitrogen and oxygen atoms in total. The van der Waals surface area contributed by atoms with E-state index in [2.05, 4.69) is 14.5 Å². The molecule has 2 rings (SSSR count). The van der Waals surface area contributed by atoms with E-state index >= 15 is 0 Å². The lowest BCUT2D eigenvalue weighted by molar-refractivity contribution is 0.166. The summed E-state index contributed by atoms with van der Waals surface area (Å²) in [5.74, 6) is 0.835. The first-order chi connectivity index (χ1) is 8.38. The predicted molar refractivity (Wildman–Crippen MR) is 69.7 cm³/mol. The summed E-state index contributed by atoms with van der Waals surface area (Å²) >= 11 is 0. The Morgan fingerprint density at radius 2 is 2.29 bits per heavy atom. The van der Waals surface area contributed by atoms with Gasteiger partial charge in [0.1, 0.15) is 0 Å². The first kappa shape index (κ1) is 12.6. The van der Waals surface area contributed by atoms with E-state index in [-0.39, 0.29) is 0 Å². The van der Waals surface area contributed by atoms with Gasteiger partial charge in [-0.05, 0) is 51.2 Å². The fourth-order valence-corrected chi connectivity index (χ4v) is 2.72. The molecule has 0 radical (unpaired) electrons. The Kier molecular flexibility index (Phi) is 5.01. The minimum Gasteiger partial charge on any atom is -0.337 e. The van der Waals surface area contributed by atoms with Gasteiger partial charge in [0, 0.05) is 25.5 Å². The van der Waals surface area contributed by atoms with Crippen LogP contribution in [0.4, 0.5) is 0 Å². The van der Waals surface area contributed by atoms with Crippen LogP contribution in [0.1, 0.15) is 25.7 Å². The molecule has 2 heterocycles. The van der Waals surface area contributed by atoms with E-state index in [1.807, 2.05) is 18.7 Å². The smallest absolute Gasteiger partial charge is 0.0945 e. The number of aromatic nitrogens is 2. The quantitative estimate of drug-likeness (QED) is 0.810. The minimum atomic E-state index is 0.835. The summed E-state index contributed by atoms with van der Waals surface area (Å²) in [6.07, 6.45) is 10.9. The van der Waals surface area contributed by atoms with Gasteiger partial charge in [-0.25, -0.2) is 4.98 Å². The van der Waals surface area contributed by atoms with Gasteiger partial charge < -0.3 is 15.2 Å². The Hall–Kier alpha value is -0.870. The second-order valence-corrected chi connectivity index (χ2v) is 5.04. The Balaban J connectivity index is 1.65. The summed E-state index contributed by atoms with van der Waals surface area (Å²) in [5, 5.41) is 0. The number of nitrogens with two attached hydrogens (primary N) is 1. The number of aryl methyl sites for hydroxylation is 1. The molecule has 0 bridgehead atoms. The fourth-order valence-electron chi connectivity index (χ4n) is 2.72. The SMILES string of the molecule is NCCC1CCCN(CCCn2ccnc2)C1. The van der Waals surface area contributed by atoms with Crippen LogP contribution in [-0.4, -0.2) is 40.6 Å². The lowest BCUT2D eigenvalue weighted by Gasteiger charge is -2.32. The Labute approximate surface area is 104 Å². The maximum absolute atomic E-state index is 5.64. The highest BCUT2D eigenvalue weighted by Gasteiger charge is 2.18. The molecule has 1 aromatic rings. The molecule has 96 valence electrons. The molecule has 17 heavy (non-hydrogen) atoms. The second kappa shape index (κ2) is 6.77. The van der Waals surface area contributed by atoms with Crippen LogP contribution < -0.4 is 5.73 Å². The lowest BCUT2D eigenvalue weighted by atomic mass is 9.95. The summed E-state index contributed by atoms with van der Waals surface area (Å²) in [6.45, 7) is 5.65. The van der Waals surface area contributed by atoms with E-state index in [9.17, 15) is 0 Å². The van der Waals surface area contributed by atoms with Crippen molar-refractivity contribution in [3.05, 3.63) is 18.7 Å². The molecule has 2 N–H and O–H groups in total. The van der Waals surface area contributed by atoms with Crippen LogP contribution in [0.25, 0.3) is 0 Å². The standard InChI is InChI=1S/C13H24N4/c14-5-4-13-3-1-7-16(11-13)8-2-9-17-10-6-15-12-17/h6,10,12-13H,1-5,7-9,11,14H2. The van der Waals surface area contributed by atoms with Crippen molar-refractivity contribution in [3.63, 3.8) is 0 Å². The van der Waals surface area contributed by atoms with Crippen molar-refractivity contribution in [2.24, 2.45) is 11.7 Å². The molecule has 0 aliphatic carbocycles. The second-order valence-electron chi connectivity index (χ2n) is 5.04. The van der Waals surface area contributed by atoms with Crippen molar-refractivity contribution < 1.29 is 0 Å². The van der Waals surface area contributed by atoms with Gasteiger partial charge in [-0.3, -0.25) is 0 Å². The van der Waals surface area contributed by atoms with Crippen molar-refractivity contribution in [3.8, 4) is 0 Å². The number of likely N-dealkylation sites (tertiary alicyclic amines) is 1. The van der Waals surface area contributed by atoms with Crippen molar-refractivity contribution in [1.82, 2.24) is 14.5 Å². The Morgan fingerprint density at radius 3 is 3.06 bits per heavy atom. The molecular weight excluding hydrogens is 212 g/mol. The van der Waals surface area contributed by atoms with Crippen LogP contribution in [0.5, 0.6) is 0 Å². The van der Waals surface area contributed by atoms with E-state index < -0.39 is 0 Å². The van der Waals surface area contributed by atoms with Gasteiger partial charge in [0.25, 0.3) is 0 Å². The molecule has 1 aliphatic heterocycles. The topological polar surface area (TPSA) is 47.1 Å². The Bertz CT molecular complexity index is 294. The molecule has 1 fully saturated rings. The van der Waals surface area contributed by atoms with E-state index in [0.29, 0.717) is 0 Å². The Morgan fingerprint density at radius 1 is 1.35 bits per heavy atom. The first-order valence-corrected chi connectivity index (χ1v) is 6.76. The molecule has 1 aliphatic rings. The third-order valence-electron chi connectivity index (χ3n) is 3.63. The zero-order valence-corrected chi connectivity index (χ0v) is 10.6. The molecule has 1 atom stereocenters. The van der Waals surface area contributed by atoms with Crippen LogP contribution in [0, 0.1) is 5.92 Å². The van der Waals surface area contributed by atoms with Gasteiger partial charge >= 0.3 is 0 Å². The summed E-state index contributed by atoms with van der Waals surface area (Å²) < 4.78 is 2.15. The summed E-state index contributed by atoms with van der Waals surface area (Å²) in [6, 6.07) is 0. The van der Waals surface area contributed by atoms with Crippen LogP contribution >= 0.6 is 0 Å². The van der Waals surface area contributed by atoms with Gasteiger partial charge in [0.2, 0.25) is 0 Å². The fraction of sp³-hybridized carbons (Fsp3) is 0.769. The van der Waals surface area contributed by atoms with Crippen molar-refractivity contribution in [1.29, 1.82) is 0 Å². The molecule has 1 unspecified atom stereocenters. The molecular formula is C13H24N4. The number of imidazole rings is 1. The van der Waals surface area contributed by atoms with Crippen molar-refractivity contribution in [2.45, 2.75) is 32.2 Å². The van der Waals surface area contributed by atoms with Crippen molar-refractivity contribution in [2.75, 3.05) is 26.2 Å². The summed E-state index contributed by atoms with van der Waals surface area (Å²) in [7, 11) is 0. The summed E-state index contributed by atoms with van der Waals surface area (Å²) in [5.41, 5.74) is 5.64. The van der Waals surface area contributed by atoms with Gasteiger partial charge in [0.15, 0.2) is 0 Å². The highest BCUT2D eigenvalue weighted by Crippen LogP contribution is 2.18.